The van der Waals surface area contributed by atoms with E-state index in [1.54, 1.807) is 6.08 Å². The molecule has 4 aliphatic rings. The number of carbonyl (C=O) groups is 3. The van der Waals surface area contributed by atoms with E-state index in [9.17, 15) is 19.5 Å². The Morgan fingerprint density at radius 3 is 2.67 bits per heavy atom. The molecule has 0 unspecified atom stereocenters. The molecule has 0 radical (unpaired) electrons. The average molecular weight is 437 g/mol. The molecule has 4 rings (SSSR count). The Kier molecular flexibility index (Phi) is 4.40. The van der Waals surface area contributed by atoms with Gasteiger partial charge in [0.15, 0.2) is 11.6 Å². The minimum absolute atomic E-state index is 0.0858. The van der Waals surface area contributed by atoms with Gasteiger partial charge in [0.05, 0.1) is 5.33 Å². The normalized spacial score (nSPS) is 49.1. The third-order valence-electron chi connectivity index (χ3n) is 8.78. The summed E-state index contributed by atoms with van der Waals surface area (Å²) in [5, 5.41) is 11.7. The molecule has 0 spiro atoms. The average Bonchev–Trinajstić information content (AvgIpc) is 2.82. The van der Waals surface area contributed by atoms with Crippen molar-refractivity contribution in [3.8, 4) is 0 Å². The van der Waals surface area contributed by atoms with E-state index in [1.165, 1.54) is 0 Å². The van der Waals surface area contributed by atoms with E-state index in [1.807, 2.05) is 13.8 Å². The van der Waals surface area contributed by atoms with Crippen LogP contribution in [0.3, 0.4) is 0 Å². The van der Waals surface area contributed by atoms with Crippen LogP contribution in [0.1, 0.15) is 59.3 Å². The van der Waals surface area contributed by atoms with Crippen molar-refractivity contribution in [2.45, 2.75) is 64.9 Å². The second kappa shape index (κ2) is 6.09. The van der Waals surface area contributed by atoms with Crippen LogP contribution >= 0.6 is 15.9 Å². The van der Waals surface area contributed by atoms with E-state index in [2.05, 4.69) is 22.9 Å². The smallest absolute Gasteiger partial charge is 0.175 e. The quantitative estimate of drug-likeness (QED) is 0.670. The first-order valence-electron chi connectivity index (χ1n) is 10.2. The maximum absolute atomic E-state index is 13.5. The number of halogens is 1. The third kappa shape index (κ3) is 2.33. The topological polar surface area (TPSA) is 71.4 Å². The van der Waals surface area contributed by atoms with Crippen molar-refractivity contribution < 1.29 is 19.5 Å². The zero-order valence-corrected chi connectivity index (χ0v) is 18.0. The number of carbonyl (C=O) groups excluding carboxylic acids is 3. The molecule has 27 heavy (non-hydrogen) atoms. The largest absolute Gasteiger partial charge is 0.381 e. The number of rotatable bonds is 2. The number of ketones is 3. The maximum Gasteiger partial charge on any atom is 0.175 e. The molecule has 0 aromatic heterocycles. The summed E-state index contributed by atoms with van der Waals surface area (Å²) >= 11 is 3.24. The number of allylic oxidation sites excluding steroid dienone is 1. The molecule has 4 nitrogen and oxygen atoms in total. The van der Waals surface area contributed by atoms with Crippen LogP contribution in [-0.2, 0) is 14.4 Å². The molecule has 0 bridgehead atoms. The fourth-order valence-electron chi connectivity index (χ4n) is 7.41. The summed E-state index contributed by atoms with van der Waals surface area (Å²) in [4.78, 5) is 38.2. The van der Waals surface area contributed by atoms with Gasteiger partial charge in [0.25, 0.3) is 0 Å². The zero-order valence-electron chi connectivity index (χ0n) is 16.4. The zero-order chi connectivity index (χ0) is 19.8. The number of fused-ring (bicyclic) bond motifs is 5. The summed E-state index contributed by atoms with van der Waals surface area (Å²) in [5.74, 6) is 0.276. The third-order valence-corrected chi connectivity index (χ3v) is 9.29. The van der Waals surface area contributed by atoms with Crippen LogP contribution in [0, 0.1) is 34.5 Å². The van der Waals surface area contributed by atoms with Crippen LogP contribution in [0.25, 0.3) is 0 Å². The van der Waals surface area contributed by atoms with Gasteiger partial charge in [-0.3, -0.25) is 14.4 Å². The van der Waals surface area contributed by atoms with Gasteiger partial charge in [-0.05, 0) is 54.9 Å². The van der Waals surface area contributed by atoms with Crippen LogP contribution in [0.5, 0.6) is 0 Å². The van der Waals surface area contributed by atoms with Crippen LogP contribution in [0.4, 0.5) is 0 Å². The predicted octanol–water partition coefficient (Wildman–Crippen LogP) is 3.64. The van der Waals surface area contributed by atoms with E-state index in [0.717, 1.165) is 31.3 Å². The lowest BCUT2D eigenvalue weighted by Gasteiger charge is -2.57. The van der Waals surface area contributed by atoms with Crippen molar-refractivity contribution in [1.29, 1.82) is 0 Å². The van der Waals surface area contributed by atoms with Gasteiger partial charge in [0.1, 0.15) is 11.4 Å². The van der Waals surface area contributed by atoms with Crippen LogP contribution in [0.2, 0.25) is 0 Å². The lowest BCUT2D eigenvalue weighted by Crippen LogP contribution is -2.61. The van der Waals surface area contributed by atoms with Crippen molar-refractivity contribution in [1.82, 2.24) is 0 Å². The minimum atomic E-state index is -1.44. The van der Waals surface area contributed by atoms with Crippen LogP contribution < -0.4 is 0 Å². The van der Waals surface area contributed by atoms with Crippen LogP contribution in [-0.4, -0.2) is 33.4 Å². The molecule has 0 heterocycles. The van der Waals surface area contributed by atoms with Gasteiger partial charge in [0.2, 0.25) is 0 Å². The Hall–Kier alpha value is -0.810. The Labute approximate surface area is 169 Å². The molecule has 0 amide bonds. The van der Waals surface area contributed by atoms with Gasteiger partial charge >= 0.3 is 0 Å². The highest BCUT2D eigenvalue weighted by atomic mass is 79.9. The lowest BCUT2D eigenvalue weighted by molar-refractivity contribution is -0.171. The molecule has 148 valence electrons. The van der Waals surface area contributed by atoms with Crippen molar-refractivity contribution in [3.63, 3.8) is 0 Å². The van der Waals surface area contributed by atoms with Crippen molar-refractivity contribution in [3.05, 3.63) is 11.6 Å². The van der Waals surface area contributed by atoms with Crippen molar-refractivity contribution >= 4 is 33.3 Å². The maximum atomic E-state index is 13.5. The predicted molar refractivity (Wildman–Crippen MR) is 105 cm³/mol. The molecule has 0 saturated heterocycles. The minimum Gasteiger partial charge on any atom is -0.381 e. The highest BCUT2D eigenvalue weighted by molar-refractivity contribution is 9.09. The van der Waals surface area contributed by atoms with E-state index in [-0.39, 0.29) is 58.2 Å². The molecule has 1 N–H and O–H groups in total. The molecule has 3 saturated carbocycles. The Bertz CT molecular complexity index is 757. The highest BCUT2D eigenvalue weighted by Gasteiger charge is 2.70. The van der Waals surface area contributed by atoms with Gasteiger partial charge in [-0.1, -0.05) is 42.3 Å². The number of hydrogen-bond donors (Lipinski definition) is 1. The summed E-state index contributed by atoms with van der Waals surface area (Å²) in [6.45, 7) is 6.09. The van der Waals surface area contributed by atoms with Gasteiger partial charge < -0.3 is 5.11 Å². The summed E-state index contributed by atoms with van der Waals surface area (Å²) in [6.07, 6.45) is 5.82. The van der Waals surface area contributed by atoms with Gasteiger partial charge in [-0.15, -0.1) is 0 Å². The van der Waals surface area contributed by atoms with E-state index in [0.29, 0.717) is 6.42 Å². The fourth-order valence-corrected chi connectivity index (χ4v) is 7.84. The standard InChI is InChI=1S/C22H29BrO4/c1-12-8-16-15-5-4-13-9-14(24)6-7-20(13,2)19(15)17(25)10-21(16,3)22(12,27)18(26)11-23/h9,12,15-16,19,27H,4-8,10-11H2,1-3H3/t12-,15-,16-,19+,20-,21-,22-/m0/s1. The Balaban J connectivity index is 1.78. The van der Waals surface area contributed by atoms with Gasteiger partial charge in [0, 0.05) is 24.2 Å². The number of Topliss-reactive ketones (excluding diaryl/α,β-unsaturated/α-hetero) is 2. The molecular weight excluding hydrogens is 408 g/mol. The number of aliphatic hydroxyl groups is 1. The molecule has 4 aliphatic carbocycles. The summed E-state index contributed by atoms with van der Waals surface area (Å²) in [5.41, 5.74) is -1.23. The van der Waals surface area contributed by atoms with Crippen molar-refractivity contribution in [2.24, 2.45) is 34.5 Å². The van der Waals surface area contributed by atoms with E-state index < -0.39 is 11.0 Å². The van der Waals surface area contributed by atoms with Gasteiger partial charge in [-0.25, -0.2) is 0 Å². The molecule has 0 aliphatic heterocycles. The van der Waals surface area contributed by atoms with Crippen molar-refractivity contribution in [2.75, 3.05) is 5.33 Å². The van der Waals surface area contributed by atoms with E-state index in [4.69, 9.17) is 0 Å². The van der Waals surface area contributed by atoms with Crippen LogP contribution in [0.15, 0.2) is 11.6 Å². The number of hydrogen-bond acceptors (Lipinski definition) is 4. The highest BCUT2D eigenvalue weighted by Crippen LogP contribution is 2.67. The first kappa shape index (κ1) is 19.5. The fraction of sp³-hybridized carbons (Fsp3) is 0.773. The lowest BCUT2D eigenvalue weighted by atomic mass is 9.46. The van der Waals surface area contributed by atoms with E-state index >= 15 is 0 Å². The number of alkyl halides is 1. The summed E-state index contributed by atoms with van der Waals surface area (Å²) < 4.78 is 0. The summed E-state index contributed by atoms with van der Waals surface area (Å²) in [6, 6.07) is 0. The second-order valence-electron chi connectivity index (χ2n) is 9.86. The summed E-state index contributed by atoms with van der Waals surface area (Å²) in [7, 11) is 0. The SMILES string of the molecule is C[C@H]1C[C@H]2[C@@H]3CCC4=CC(=O)CC[C@]4(C)[C@H]3C(=O)C[C@]2(C)[C@@]1(O)C(=O)CBr. The molecular formula is C22H29BrO4. The Morgan fingerprint density at radius 1 is 1.30 bits per heavy atom. The molecule has 0 aromatic rings. The second-order valence-corrected chi connectivity index (χ2v) is 10.4. The molecule has 0 aromatic carbocycles. The molecule has 5 heteroatoms. The molecule has 7 atom stereocenters. The monoisotopic (exact) mass is 436 g/mol. The first-order chi connectivity index (χ1) is 12.6. The first-order valence-corrected chi connectivity index (χ1v) is 11.3. The Morgan fingerprint density at radius 2 is 2.00 bits per heavy atom. The van der Waals surface area contributed by atoms with Gasteiger partial charge in [-0.2, -0.15) is 0 Å². The molecule has 3 fully saturated rings.